The van der Waals surface area contributed by atoms with Crippen LogP contribution in [-0.4, -0.2) is 18.5 Å². The summed E-state index contributed by atoms with van der Waals surface area (Å²) in [6.07, 6.45) is 7.00. The van der Waals surface area contributed by atoms with Gasteiger partial charge in [-0.1, -0.05) is 62.9 Å². The van der Waals surface area contributed by atoms with Gasteiger partial charge >= 0.3 is 0 Å². The number of amides is 1. The van der Waals surface area contributed by atoms with Crippen molar-refractivity contribution in [1.82, 2.24) is 5.32 Å². The van der Waals surface area contributed by atoms with Gasteiger partial charge in [0.25, 0.3) is 0 Å². The van der Waals surface area contributed by atoms with Gasteiger partial charge in [0.1, 0.15) is 0 Å². The van der Waals surface area contributed by atoms with Crippen molar-refractivity contribution in [2.24, 2.45) is 17.6 Å². The SMILES string of the molecule is CC1CCC(CCNC(=O)[C@@H](N)Cc2ccccc2)CC1. The number of hydrogen-bond donors (Lipinski definition) is 2. The largest absolute Gasteiger partial charge is 0.355 e. The predicted octanol–water partition coefficient (Wildman–Crippen LogP) is 2.89. The molecule has 3 nitrogen and oxygen atoms in total. The number of carbonyl (C=O) groups excluding carboxylic acids is 1. The number of hydrogen-bond acceptors (Lipinski definition) is 2. The van der Waals surface area contributed by atoms with Crippen molar-refractivity contribution in [3.8, 4) is 0 Å². The van der Waals surface area contributed by atoms with Crippen LogP contribution in [0.15, 0.2) is 30.3 Å². The van der Waals surface area contributed by atoms with Crippen LogP contribution < -0.4 is 11.1 Å². The number of carbonyl (C=O) groups is 1. The summed E-state index contributed by atoms with van der Waals surface area (Å²) in [5.41, 5.74) is 7.09. The van der Waals surface area contributed by atoms with Crippen molar-refractivity contribution in [1.29, 1.82) is 0 Å². The van der Waals surface area contributed by atoms with Gasteiger partial charge in [-0.15, -0.1) is 0 Å². The van der Waals surface area contributed by atoms with Gasteiger partial charge in [0.05, 0.1) is 6.04 Å². The van der Waals surface area contributed by atoms with Gasteiger partial charge < -0.3 is 11.1 Å². The van der Waals surface area contributed by atoms with Crippen molar-refractivity contribution in [2.75, 3.05) is 6.54 Å². The maximum atomic E-state index is 12.0. The molecule has 0 unspecified atom stereocenters. The molecule has 1 aromatic carbocycles. The van der Waals surface area contributed by atoms with Crippen LogP contribution in [-0.2, 0) is 11.2 Å². The highest BCUT2D eigenvalue weighted by molar-refractivity contribution is 5.81. The molecule has 116 valence electrons. The zero-order valence-corrected chi connectivity index (χ0v) is 13.1. The Kier molecular flexibility index (Phi) is 6.24. The third-order valence-electron chi connectivity index (χ3n) is 4.62. The van der Waals surface area contributed by atoms with E-state index in [0.717, 1.165) is 30.4 Å². The molecule has 0 spiro atoms. The van der Waals surface area contributed by atoms with Crippen molar-refractivity contribution in [3.05, 3.63) is 35.9 Å². The van der Waals surface area contributed by atoms with E-state index in [9.17, 15) is 4.79 Å². The van der Waals surface area contributed by atoms with Crippen LogP contribution in [0, 0.1) is 11.8 Å². The van der Waals surface area contributed by atoms with Gasteiger partial charge in [0, 0.05) is 6.54 Å². The fourth-order valence-electron chi connectivity index (χ4n) is 3.11. The minimum absolute atomic E-state index is 0.0250. The van der Waals surface area contributed by atoms with Crippen LogP contribution >= 0.6 is 0 Å². The standard InChI is InChI=1S/C18H28N2O/c1-14-7-9-15(10-8-14)11-12-20-18(21)17(19)13-16-5-3-2-4-6-16/h2-6,14-15,17H,7-13,19H2,1H3,(H,20,21)/t14?,15?,17-/m0/s1. The lowest BCUT2D eigenvalue weighted by Gasteiger charge is -2.26. The van der Waals surface area contributed by atoms with Gasteiger partial charge in [0.2, 0.25) is 5.91 Å². The first-order valence-electron chi connectivity index (χ1n) is 8.22. The van der Waals surface area contributed by atoms with E-state index in [0.29, 0.717) is 6.42 Å². The molecule has 1 atom stereocenters. The molecule has 1 aromatic rings. The summed E-state index contributed by atoms with van der Waals surface area (Å²) in [5.74, 6) is 1.64. The van der Waals surface area contributed by atoms with Crippen LogP contribution in [0.5, 0.6) is 0 Å². The lowest BCUT2D eigenvalue weighted by molar-refractivity contribution is -0.122. The highest BCUT2D eigenvalue weighted by Crippen LogP contribution is 2.29. The second-order valence-electron chi connectivity index (χ2n) is 6.50. The first-order chi connectivity index (χ1) is 10.1. The minimum Gasteiger partial charge on any atom is -0.355 e. The molecular weight excluding hydrogens is 260 g/mol. The van der Waals surface area contributed by atoms with E-state index in [1.807, 2.05) is 30.3 Å². The molecule has 0 heterocycles. The van der Waals surface area contributed by atoms with E-state index in [2.05, 4.69) is 12.2 Å². The molecule has 0 saturated heterocycles. The molecule has 0 aliphatic heterocycles. The first kappa shape index (κ1) is 16.0. The minimum atomic E-state index is -0.446. The third-order valence-corrected chi connectivity index (χ3v) is 4.62. The number of rotatable bonds is 6. The van der Waals surface area contributed by atoms with Crippen molar-refractivity contribution in [3.63, 3.8) is 0 Å². The summed E-state index contributed by atoms with van der Waals surface area (Å²) in [7, 11) is 0. The van der Waals surface area contributed by atoms with Gasteiger partial charge in [-0.25, -0.2) is 0 Å². The first-order valence-corrected chi connectivity index (χ1v) is 8.22. The van der Waals surface area contributed by atoms with Crippen LogP contribution in [0.25, 0.3) is 0 Å². The molecule has 1 amide bonds. The van der Waals surface area contributed by atoms with Crippen LogP contribution in [0.2, 0.25) is 0 Å². The highest BCUT2D eigenvalue weighted by Gasteiger charge is 2.19. The monoisotopic (exact) mass is 288 g/mol. The summed E-state index contributed by atoms with van der Waals surface area (Å²) in [5, 5.41) is 3.00. The molecule has 21 heavy (non-hydrogen) atoms. The normalized spacial score (nSPS) is 23.5. The Bertz CT molecular complexity index is 424. The van der Waals surface area contributed by atoms with E-state index < -0.39 is 6.04 Å². The molecule has 0 bridgehead atoms. The Morgan fingerprint density at radius 3 is 2.57 bits per heavy atom. The van der Waals surface area contributed by atoms with Gasteiger partial charge in [-0.05, 0) is 30.2 Å². The second-order valence-corrected chi connectivity index (χ2v) is 6.50. The molecule has 2 rings (SSSR count). The van der Waals surface area contributed by atoms with Gasteiger partial charge in [-0.2, -0.15) is 0 Å². The summed E-state index contributed by atoms with van der Waals surface area (Å²) in [6, 6.07) is 9.50. The predicted molar refractivity (Wildman–Crippen MR) is 86.9 cm³/mol. The zero-order valence-electron chi connectivity index (χ0n) is 13.1. The Morgan fingerprint density at radius 2 is 1.90 bits per heavy atom. The lowest BCUT2D eigenvalue weighted by atomic mass is 9.81. The fraction of sp³-hybridized carbons (Fsp3) is 0.611. The highest BCUT2D eigenvalue weighted by atomic mass is 16.2. The molecular formula is C18H28N2O. The van der Waals surface area contributed by atoms with E-state index in [1.54, 1.807) is 0 Å². The average Bonchev–Trinajstić information content (AvgIpc) is 2.50. The van der Waals surface area contributed by atoms with E-state index in [4.69, 9.17) is 5.73 Å². The molecule has 1 aliphatic rings. The molecule has 0 radical (unpaired) electrons. The number of nitrogens with two attached hydrogens (primary N) is 1. The molecule has 1 saturated carbocycles. The number of benzene rings is 1. The fourth-order valence-corrected chi connectivity index (χ4v) is 3.11. The van der Waals surface area contributed by atoms with Crippen LogP contribution in [0.4, 0.5) is 0 Å². The Labute approximate surface area is 128 Å². The zero-order chi connectivity index (χ0) is 15.1. The van der Waals surface area contributed by atoms with Crippen LogP contribution in [0.1, 0.15) is 44.6 Å². The summed E-state index contributed by atoms with van der Waals surface area (Å²) in [4.78, 5) is 12.0. The van der Waals surface area contributed by atoms with E-state index in [1.165, 1.54) is 25.7 Å². The topological polar surface area (TPSA) is 55.1 Å². The molecule has 0 aromatic heterocycles. The Balaban J connectivity index is 1.65. The second kappa shape index (κ2) is 8.18. The van der Waals surface area contributed by atoms with Gasteiger partial charge in [-0.3, -0.25) is 4.79 Å². The molecule has 3 heteroatoms. The maximum Gasteiger partial charge on any atom is 0.237 e. The lowest BCUT2D eigenvalue weighted by Crippen LogP contribution is -2.42. The smallest absolute Gasteiger partial charge is 0.237 e. The van der Waals surface area contributed by atoms with E-state index >= 15 is 0 Å². The van der Waals surface area contributed by atoms with E-state index in [-0.39, 0.29) is 5.91 Å². The third kappa shape index (κ3) is 5.50. The summed E-state index contributed by atoms with van der Waals surface area (Å²) in [6.45, 7) is 3.10. The molecule has 3 N–H and O–H groups in total. The van der Waals surface area contributed by atoms with Gasteiger partial charge in [0.15, 0.2) is 0 Å². The van der Waals surface area contributed by atoms with Crippen molar-refractivity contribution in [2.45, 2.75) is 51.5 Å². The molecule has 1 fully saturated rings. The quantitative estimate of drug-likeness (QED) is 0.845. The van der Waals surface area contributed by atoms with Crippen LogP contribution in [0.3, 0.4) is 0 Å². The van der Waals surface area contributed by atoms with Crippen molar-refractivity contribution >= 4 is 5.91 Å². The number of nitrogens with one attached hydrogen (secondary N) is 1. The molecule has 1 aliphatic carbocycles. The summed E-state index contributed by atoms with van der Waals surface area (Å²) >= 11 is 0. The Hall–Kier alpha value is -1.35. The average molecular weight is 288 g/mol. The summed E-state index contributed by atoms with van der Waals surface area (Å²) < 4.78 is 0. The maximum absolute atomic E-state index is 12.0. The Morgan fingerprint density at radius 1 is 1.24 bits per heavy atom. The van der Waals surface area contributed by atoms with Crippen molar-refractivity contribution < 1.29 is 4.79 Å².